The molecule has 2 heteroatoms. The quantitative estimate of drug-likeness (QED) is 0.185. The highest BCUT2D eigenvalue weighted by atomic mass is 16.3. The Morgan fingerprint density at radius 3 is 1.74 bits per heavy atom. The Balaban J connectivity index is 1.03. The predicted octanol–water partition coefficient (Wildman–Crippen LogP) is 13.3. The summed E-state index contributed by atoms with van der Waals surface area (Å²) in [5.74, 6) is 0. The van der Waals surface area contributed by atoms with Gasteiger partial charge in [-0.3, -0.25) is 0 Å². The van der Waals surface area contributed by atoms with E-state index in [-0.39, 0.29) is 0 Å². The average Bonchev–Trinajstić information content (AvgIpc) is 3.79. The first-order valence-electron chi connectivity index (χ1n) is 18.8. The maximum absolute atomic E-state index is 6.53. The summed E-state index contributed by atoms with van der Waals surface area (Å²) in [6, 6.07) is 57.2. The molecule has 11 aromatic rings. The maximum Gasteiger partial charge on any atom is 0.136 e. The van der Waals surface area contributed by atoms with E-state index in [1.807, 2.05) is 12.1 Å². The van der Waals surface area contributed by atoms with Crippen LogP contribution in [0.5, 0.6) is 0 Å². The zero-order valence-corrected chi connectivity index (χ0v) is 29.4. The van der Waals surface area contributed by atoms with Crippen molar-refractivity contribution in [2.24, 2.45) is 0 Å². The average molecular weight is 689 g/mol. The van der Waals surface area contributed by atoms with Gasteiger partial charge >= 0.3 is 0 Å². The number of rotatable bonds is 3. The zero-order valence-electron chi connectivity index (χ0n) is 29.4. The molecule has 0 saturated carbocycles. The predicted molar refractivity (Wildman–Crippen MR) is 227 cm³/mol. The molecule has 252 valence electrons. The lowest BCUT2D eigenvalue weighted by atomic mass is 9.85. The Labute approximate surface area is 310 Å². The van der Waals surface area contributed by atoms with Gasteiger partial charge in [0.1, 0.15) is 22.3 Å². The summed E-state index contributed by atoms with van der Waals surface area (Å²) in [6.45, 7) is 0. The molecule has 0 spiro atoms. The maximum atomic E-state index is 6.53. The van der Waals surface area contributed by atoms with Crippen LogP contribution >= 0.6 is 0 Å². The molecule has 0 saturated heterocycles. The molecule has 0 radical (unpaired) electrons. The molecular formula is C52H32O2. The van der Waals surface area contributed by atoms with E-state index in [2.05, 4.69) is 158 Å². The van der Waals surface area contributed by atoms with Gasteiger partial charge in [0, 0.05) is 21.5 Å². The first-order chi connectivity index (χ1) is 26.7. The van der Waals surface area contributed by atoms with Gasteiger partial charge in [-0.2, -0.15) is 0 Å². The topological polar surface area (TPSA) is 26.3 Å². The zero-order chi connectivity index (χ0) is 35.3. The van der Waals surface area contributed by atoms with Crippen LogP contribution in [0.15, 0.2) is 167 Å². The number of furan rings is 2. The summed E-state index contributed by atoms with van der Waals surface area (Å²) < 4.78 is 12.7. The molecule has 0 bridgehead atoms. The van der Waals surface area contributed by atoms with Crippen molar-refractivity contribution in [1.29, 1.82) is 0 Å². The fourth-order valence-corrected chi connectivity index (χ4v) is 9.18. The van der Waals surface area contributed by atoms with E-state index in [1.54, 1.807) is 0 Å². The van der Waals surface area contributed by atoms with Crippen molar-refractivity contribution in [3.8, 4) is 33.4 Å². The molecule has 2 nitrogen and oxygen atoms in total. The largest absolute Gasteiger partial charge is 0.456 e. The summed E-state index contributed by atoms with van der Waals surface area (Å²) in [6.07, 6.45) is 7.00. The molecule has 2 heterocycles. The van der Waals surface area contributed by atoms with Gasteiger partial charge in [-0.1, -0.05) is 121 Å². The summed E-state index contributed by atoms with van der Waals surface area (Å²) in [5, 5.41) is 14.6. The van der Waals surface area contributed by atoms with Crippen LogP contribution in [0.1, 0.15) is 12.8 Å². The number of para-hydroxylation sites is 1. The lowest BCUT2D eigenvalue weighted by Crippen LogP contribution is -2.31. The Morgan fingerprint density at radius 2 is 0.907 bits per heavy atom. The summed E-state index contributed by atoms with van der Waals surface area (Å²) >= 11 is 0. The molecule has 1 aliphatic carbocycles. The lowest BCUT2D eigenvalue weighted by molar-refractivity contribution is 0.669. The second kappa shape index (κ2) is 11.3. The van der Waals surface area contributed by atoms with Gasteiger partial charge in [-0.25, -0.2) is 0 Å². The molecule has 0 aliphatic heterocycles. The highest BCUT2D eigenvalue weighted by Gasteiger charge is 2.18. The first-order valence-corrected chi connectivity index (χ1v) is 18.8. The van der Waals surface area contributed by atoms with Gasteiger partial charge in [0.15, 0.2) is 0 Å². The SMILES string of the molecule is C1=c2c(-c3cccc(-c4ccc5oc6cc7c(ccc8oc9ccccc9c87)cc6c5c4)c3)c3ccccc3c(-c3ccc4ccccc4c3)c2=CCC1. The minimum Gasteiger partial charge on any atom is -0.456 e. The Morgan fingerprint density at radius 1 is 0.315 bits per heavy atom. The molecule has 9 aromatic carbocycles. The summed E-state index contributed by atoms with van der Waals surface area (Å²) in [5.41, 5.74) is 11.1. The second-order valence-electron chi connectivity index (χ2n) is 14.7. The van der Waals surface area contributed by atoms with Gasteiger partial charge in [0.2, 0.25) is 0 Å². The fraction of sp³-hybridized carbons (Fsp3) is 0.0385. The molecule has 2 aromatic heterocycles. The highest BCUT2D eigenvalue weighted by Crippen LogP contribution is 2.40. The molecule has 0 amide bonds. The minimum absolute atomic E-state index is 0.887. The van der Waals surface area contributed by atoms with E-state index in [4.69, 9.17) is 8.83 Å². The molecule has 12 rings (SSSR count). The van der Waals surface area contributed by atoms with Crippen LogP contribution in [0.25, 0.3) is 122 Å². The van der Waals surface area contributed by atoms with Crippen LogP contribution in [-0.4, -0.2) is 0 Å². The van der Waals surface area contributed by atoms with Gasteiger partial charge < -0.3 is 8.83 Å². The van der Waals surface area contributed by atoms with Crippen molar-refractivity contribution < 1.29 is 8.83 Å². The van der Waals surface area contributed by atoms with Crippen LogP contribution in [0.4, 0.5) is 0 Å². The molecular weight excluding hydrogens is 657 g/mol. The molecule has 0 fully saturated rings. The number of benzene rings is 9. The second-order valence-corrected chi connectivity index (χ2v) is 14.7. The van der Waals surface area contributed by atoms with Gasteiger partial charge in [-0.05, 0) is 138 Å². The molecule has 0 atom stereocenters. The number of hydrogen-bond donors (Lipinski definition) is 0. The minimum atomic E-state index is 0.887. The van der Waals surface area contributed by atoms with Gasteiger partial charge in [0.25, 0.3) is 0 Å². The van der Waals surface area contributed by atoms with E-state index >= 15 is 0 Å². The van der Waals surface area contributed by atoms with Gasteiger partial charge in [-0.15, -0.1) is 0 Å². The van der Waals surface area contributed by atoms with E-state index in [1.165, 1.54) is 70.7 Å². The fourth-order valence-electron chi connectivity index (χ4n) is 9.18. The first kappa shape index (κ1) is 29.7. The number of hydrogen-bond acceptors (Lipinski definition) is 2. The van der Waals surface area contributed by atoms with Crippen molar-refractivity contribution in [2.75, 3.05) is 0 Å². The van der Waals surface area contributed by atoms with E-state index < -0.39 is 0 Å². The molecule has 54 heavy (non-hydrogen) atoms. The smallest absolute Gasteiger partial charge is 0.136 e. The standard InChI is InChI=1S/C52H32O2/c1-2-11-32-26-37(21-20-31(32)10-1)51-40-16-5-3-14-38(40)50(39-15-4-6-17-41(39)51)36-13-9-12-33(27-36)34-22-24-47-44(28-34)45-29-35-23-25-48-52(43(35)30-49(45)54-47)42-18-7-8-19-46(42)53-48/h1-3,5,7-30H,4,6H2. The summed E-state index contributed by atoms with van der Waals surface area (Å²) in [4.78, 5) is 0. The van der Waals surface area contributed by atoms with Crippen LogP contribution in [-0.2, 0) is 0 Å². The Kier molecular flexibility index (Phi) is 6.20. The van der Waals surface area contributed by atoms with Crippen LogP contribution < -0.4 is 10.4 Å². The van der Waals surface area contributed by atoms with Crippen molar-refractivity contribution in [3.63, 3.8) is 0 Å². The van der Waals surface area contributed by atoms with E-state index in [0.29, 0.717) is 0 Å². The van der Waals surface area contributed by atoms with Crippen molar-refractivity contribution >= 4 is 88.3 Å². The van der Waals surface area contributed by atoms with Crippen molar-refractivity contribution in [3.05, 3.63) is 168 Å². The third kappa shape index (κ3) is 4.34. The molecule has 0 N–H and O–H groups in total. The Hall–Kier alpha value is -6.90. The third-order valence-electron chi connectivity index (χ3n) is 11.6. The van der Waals surface area contributed by atoms with Crippen molar-refractivity contribution in [2.45, 2.75) is 12.8 Å². The number of fused-ring (bicyclic) bond motifs is 11. The van der Waals surface area contributed by atoms with Crippen LogP contribution in [0.3, 0.4) is 0 Å². The van der Waals surface area contributed by atoms with E-state index in [0.717, 1.165) is 62.1 Å². The molecule has 0 unspecified atom stereocenters. The Bertz CT molecular complexity index is 3500. The third-order valence-corrected chi connectivity index (χ3v) is 11.6. The molecule has 1 aliphatic rings. The van der Waals surface area contributed by atoms with Gasteiger partial charge in [0.05, 0.1) is 0 Å². The van der Waals surface area contributed by atoms with E-state index in [9.17, 15) is 0 Å². The van der Waals surface area contributed by atoms with Crippen molar-refractivity contribution in [1.82, 2.24) is 0 Å². The van der Waals surface area contributed by atoms with Crippen LogP contribution in [0, 0.1) is 0 Å². The monoisotopic (exact) mass is 688 g/mol. The lowest BCUT2D eigenvalue weighted by Gasteiger charge is -2.18. The van der Waals surface area contributed by atoms with Crippen LogP contribution in [0.2, 0.25) is 0 Å². The normalized spacial score (nSPS) is 13.0. The summed E-state index contributed by atoms with van der Waals surface area (Å²) in [7, 11) is 0. The highest BCUT2D eigenvalue weighted by molar-refractivity contribution is 6.22.